The number of nitrogens with zero attached hydrogens (tertiary/aromatic N) is 3. The smallest absolute Gasteiger partial charge is 0.410 e. The van der Waals surface area contributed by atoms with Crippen LogP contribution in [0.25, 0.3) is 0 Å². The number of benzene rings is 1. The number of likely N-dealkylation sites (tertiary alicyclic amines) is 1. The number of piperazine rings is 1. The number of ether oxygens (including phenoxy) is 1. The van der Waals surface area contributed by atoms with Crippen LogP contribution >= 0.6 is 0 Å². The molecule has 2 aliphatic heterocycles. The van der Waals surface area contributed by atoms with Gasteiger partial charge in [-0.2, -0.15) is 0 Å². The molecule has 1 aromatic rings. The van der Waals surface area contributed by atoms with Crippen LogP contribution in [0.1, 0.15) is 27.2 Å². The number of hydrogen-bond donors (Lipinski definition) is 1. The Bertz CT molecular complexity index is 639. The third kappa shape index (κ3) is 5.11. The van der Waals surface area contributed by atoms with Crippen LogP contribution in [0.3, 0.4) is 0 Å². The zero-order valence-corrected chi connectivity index (χ0v) is 16.4. The second-order valence-corrected chi connectivity index (χ2v) is 8.35. The Balaban J connectivity index is 1.51. The molecule has 1 aromatic carbocycles. The van der Waals surface area contributed by atoms with Gasteiger partial charge in [-0.3, -0.25) is 4.90 Å². The molecule has 0 aliphatic carbocycles. The van der Waals surface area contributed by atoms with Gasteiger partial charge in [0.1, 0.15) is 11.4 Å². The fraction of sp³-hybridized carbons (Fsp3) is 0.650. The van der Waals surface area contributed by atoms with E-state index in [1.807, 2.05) is 20.8 Å². The van der Waals surface area contributed by atoms with Crippen molar-refractivity contribution in [1.82, 2.24) is 9.80 Å². The number of aliphatic hydroxyl groups is 1. The van der Waals surface area contributed by atoms with Crippen molar-refractivity contribution < 1.29 is 19.0 Å². The zero-order chi connectivity index (χ0) is 19.6. The number of piperidine rings is 1. The maximum Gasteiger partial charge on any atom is 0.410 e. The molecule has 2 fully saturated rings. The lowest BCUT2D eigenvalue weighted by atomic mass is 9.99. The molecule has 0 aromatic heterocycles. The van der Waals surface area contributed by atoms with Gasteiger partial charge in [-0.25, -0.2) is 9.18 Å². The van der Waals surface area contributed by atoms with Crippen LogP contribution in [-0.2, 0) is 4.74 Å². The van der Waals surface area contributed by atoms with Crippen LogP contribution in [-0.4, -0.2) is 78.0 Å². The van der Waals surface area contributed by atoms with E-state index in [0.717, 1.165) is 38.3 Å². The van der Waals surface area contributed by atoms with Crippen molar-refractivity contribution in [1.29, 1.82) is 0 Å². The SMILES string of the molecule is CC(C)(C)OC(=O)N1CCC(N2CCN(c3ccc(F)cc3)CC2)C(O)C1. The summed E-state index contributed by atoms with van der Waals surface area (Å²) in [5.41, 5.74) is 0.492. The van der Waals surface area contributed by atoms with Gasteiger partial charge in [-0.15, -0.1) is 0 Å². The van der Waals surface area contributed by atoms with E-state index in [2.05, 4.69) is 9.80 Å². The van der Waals surface area contributed by atoms with Gasteiger partial charge < -0.3 is 19.6 Å². The summed E-state index contributed by atoms with van der Waals surface area (Å²) in [5, 5.41) is 10.6. The Morgan fingerprint density at radius 2 is 1.74 bits per heavy atom. The summed E-state index contributed by atoms with van der Waals surface area (Å²) >= 11 is 0. The molecule has 3 rings (SSSR count). The molecule has 0 saturated carbocycles. The van der Waals surface area contributed by atoms with Crippen molar-refractivity contribution in [2.24, 2.45) is 0 Å². The largest absolute Gasteiger partial charge is 0.444 e. The molecule has 6 nitrogen and oxygen atoms in total. The third-order valence-corrected chi connectivity index (χ3v) is 5.17. The molecule has 1 N–H and O–H groups in total. The highest BCUT2D eigenvalue weighted by Crippen LogP contribution is 2.23. The molecule has 2 heterocycles. The van der Waals surface area contributed by atoms with E-state index < -0.39 is 11.7 Å². The van der Waals surface area contributed by atoms with Gasteiger partial charge in [0.25, 0.3) is 0 Å². The maximum atomic E-state index is 13.1. The van der Waals surface area contributed by atoms with Gasteiger partial charge in [0.15, 0.2) is 0 Å². The van der Waals surface area contributed by atoms with E-state index >= 15 is 0 Å². The van der Waals surface area contributed by atoms with E-state index in [1.54, 1.807) is 17.0 Å². The van der Waals surface area contributed by atoms with E-state index in [0.29, 0.717) is 13.1 Å². The van der Waals surface area contributed by atoms with Crippen molar-refractivity contribution >= 4 is 11.8 Å². The summed E-state index contributed by atoms with van der Waals surface area (Å²) < 4.78 is 18.5. The van der Waals surface area contributed by atoms with Gasteiger partial charge in [0.2, 0.25) is 0 Å². The van der Waals surface area contributed by atoms with Crippen LogP contribution in [0.2, 0.25) is 0 Å². The minimum atomic E-state index is -0.580. The molecule has 0 bridgehead atoms. The summed E-state index contributed by atoms with van der Waals surface area (Å²) in [4.78, 5) is 18.3. The normalized spacial score (nSPS) is 24.8. The first-order valence-corrected chi connectivity index (χ1v) is 9.63. The quantitative estimate of drug-likeness (QED) is 0.855. The van der Waals surface area contributed by atoms with Crippen LogP contribution in [0.4, 0.5) is 14.9 Å². The molecule has 2 saturated heterocycles. The predicted molar refractivity (Wildman–Crippen MR) is 102 cm³/mol. The van der Waals surface area contributed by atoms with Crippen LogP contribution < -0.4 is 4.90 Å². The summed E-state index contributed by atoms with van der Waals surface area (Å²) in [6.07, 6.45) is -0.207. The van der Waals surface area contributed by atoms with E-state index in [4.69, 9.17) is 4.74 Å². The highest BCUT2D eigenvalue weighted by atomic mass is 19.1. The second-order valence-electron chi connectivity index (χ2n) is 8.35. The molecular formula is C20H30FN3O3. The number of anilines is 1. The predicted octanol–water partition coefficient (Wildman–Crippen LogP) is 2.32. The van der Waals surface area contributed by atoms with E-state index in [9.17, 15) is 14.3 Å². The Kier molecular flexibility index (Phi) is 5.91. The summed E-state index contributed by atoms with van der Waals surface area (Å²) in [6, 6.07) is 6.63. The standard InChI is InChI=1S/C20H30FN3O3/c1-20(2,3)27-19(26)24-9-8-17(18(25)14-24)23-12-10-22(11-13-23)16-6-4-15(21)5-7-16/h4-7,17-18,25H,8-14H2,1-3H3. The highest BCUT2D eigenvalue weighted by molar-refractivity contribution is 5.68. The van der Waals surface area contributed by atoms with E-state index in [1.165, 1.54) is 12.1 Å². The highest BCUT2D eigenvalue weighted by Gasteiger charge is 2.36. The molecule has 0 spiro atoms. The number of aliphatic hydroxyl groups excluding tert-OH is 1. The van der Waals surface area contributed by atoms with Crippen LogP contribution in [0.15, 0.2) is 24.3 Å². The van der Waals surface area contributed by atoms with Crippen molar-refractivity contribution in [3.8, 4) is 0 Å². The number of amides is 1. The Labute approximate surface area is 160 Å². The fourth-order valence-corrected chi connectivity index (χ4v) is 3.80. The minimum Gasteiger partial charge on any atom is -0.444 e. The van der Waals surface area contributed by atoms with Crippen molar-refractivity contribution in [3.05, 3.63) is 30.1 Å². The van der Waals surface area contributed by atoms with Crippen molar-refractivity contribution in [2.75, 3.05) is 44.2 Å². The maximum absolute atomic E-state index is 13.1. The second kappa shape index (κ2) is 8.02. The molecular weight excluding hydrogens is 349 g/mol. The molecule has 150 valence electrons. The number of β-amino-alcohol motifs (C(OH)–C–C–N with tert-alkyl or cyclic N) is 1. The van der Waals surface area contributed by atoms with Crippen molar-refractivity contribution in [2.45, 2.75) is 44.9 Å². The lowest BCUT2D eigenvalue weighted by Gasteiger charge is -2.45. The van der Waals surface area contributed by atoms with Gasteiger partial charge >= 0.3 is 6.09 Å². The number of carbonyl (C=O) groups excluding carboxylic acids is 1. The average Bonchev–Trinajstić information content (AvgIpc) is 2.61. The zero-order valence-electron chi connectivity index (χ0n) is 16.4. The lowest BCUT2D eigenvalue weighted by molar-refractivity contribution is -0.0303. The first kappa shape index (κ1) is 19.9. The van der Waals surface area contributed by atoms with Gasteiger partial charge in [0.05, 0.1) is 12.6 Å². The summed E-state index contributed by atoms with van der Waals surface area (Å²) in [6.45, 7) is 9.77. The van der Waals surface area contributed by atoms with Crippen LogP contribution in [0, 0.1) is 5.82 Å². The van der Waals surface area contributed by atoms with E-state index in [-0.39, 0.29) is 18.0 Å². The number of halogens is 1. The molecule has 2 aliphatic rings. The first-order chi connectivity index (χ1) is 12.7. The molecule has 2 unspecified atom stereocenters. The summed E-state index contributed by atoms with van der Waals surface area (Å²) in [5.74, 6) is -0.225. The third-order valence-electron chi connectivity index (χ3n) is 5.17. The Hall–Kier alpha value is -1.86. The average molecular weight is 379 g/mol. The lowest BCUT2D eigenvalue weighted by Crippen LogP contribution is -2.59. The number of carbonyl (C=O) groups is 1. The van der Waals surface area contributed by atoms with Crippen LogP contribution in [0.5, 0.6) is 0 Å². The monoisotopic (exact) mass is 379 g/mol. The van der Waals surface area contributed by atoms with Gasteiger partial charge in [-0.05, 0) is 51.5 Å². The Morgan fingerprint density at radius 1 is 1.11 bits per heavy atom. The molecule has 7 heteroatoms. The number of hydrogen-bond acceptors (Lipinski definition) is 5. The van der Waals surface area contributed by atoms with Crippen molar-refractivity contribution in [3.63, 3.8) is 0 Å². The molecule has 1 amide bonds. The fourth-order valence-electron chi connectivity index (χ4n) is 3.80. The minimum absolute atomic E-state index is 0.0547. The topological polar surface area (TPSA) is 56.2 Å². The first-order valence-electron chi connectivity index (χ1n) is 9.63. The van der Waals surface area contributed by atoms with Gasteiger partial charge in [-0.1, -0.05) is 0 Å². The molecule has 2 atom stereocenters. The number of rotatable bonds is 2. The Morgan fingerprint density at radius 3 is 2.30 bits per heavy atom. The molecule has 27 heavy (non-hydrogen) atoms. The van der Waals surface area contributed by atoms with Gasteiger partial charge in [0, 0.05) is 44.5 Å². The summed E-state index contributed by atoms with van der Waals surface area (Å²) in [7, 11) is 0. The molecule has 0 radical (unpaired) electrons.